The Hall–Kier alpha value is -1.71. The fourth-order valence-corrected chi connectivity index (χ4v) is 2.28. The molecule has 0 aliphatic heterocycles. The zero-order valence-corrected chi connectivity index (χ0v) is 14.0. The van der Waals surface area contributed by atoms with Gasteiger partial charge in [-0.15, -0.1) is 0 Å². The van der Waals surface area contributed by atoms with Crippen molar-refractivity contribution in [1.29, 1.82) is 0 Å². The lowest BCUT2D eigenvalue weighted by Crippen LogP contribution is -2.22. The molecule has 1 atom stereocenters. The summed E-state index contributed by atoms with van der Waals surface area (Å²) in [7, 11) is 1.51. The average molecular weight is 307 g/mol. The number of amides is 1. The second kappa shape index (κ2) is 10.1. The smallest absolute Gasteiger partial charge is 0.220 e. The minimum absolute atomic E-state index is 0.0792. The summed E-state index contributed by atoms with van der Waals surface area (Å²) >= 11 is 0. The molecule has 1 aromatic carbocycles. The van der Waals surface area contributed by atoms with E-state index in [0.717, 1.165) is 24.3 Å². The van der Waals surface area contributed by atoms with E-state index in [0.29, 0.717) is 18.7 Å². The fourth-order valence-electron chi connectivity index (χ4n) is 2.28. The number of phenols is 1. The number of nitrogens with one attached hydrogen (secondary N) is 1. The molecule has 1 aromatic rings. The molecule has 0 aromatic heterocycles. The molecule has 1 amide bonds. The van der Waals surface area contributed by atoms with Gasteiger partial charge in [-0.25, -0.2) is 0 Å². The average Bonchev–Trinajstić information content (AvgIpc) is 2.53. The van der Waals surface area contributed by atoms with Crippen molar-refractivity contribution in [2.75, 3.05) is 7.11 Å². The number of carbonyl (C=O) groups excluding carboxylic acids is 1. The molecule has 0 aliphatic rings. The van der Waals surface area contributed by atoms with Gasteiger partial charge < -0.3 is 15.2 Å². The van der Waals surface area contributed by atoms with Crippen LogP contribution in [0.1, 0.15) is 57.9 Å². The summed E-state index contributed by atoms with van der Waals surface area (Å²) in [4.78, 5) is 11.8. The Bertz CT molecular complexity index is 460. The predicted molar refractivity (Wildman–Crippen MR) is 89.0 cm³/mol. The maximum absolute atomic E-state index is 11.8. The van der Waals surface area contributed by atoms with Gasteiger partial charge in [0.15, 0.2) is 11.5 Å². The van der Waals surface area contributed by atoms with Crippen LogP contribution in [0, 0.1) is 5.92 Å². The maximum atomic E-state index is 11.8. The molecule has 0 radical (unpaired) electrons. The third kappa shape index (κ3) is 6.83. The van der Waals surface area contributed by atoms with Crippen LogP contribution in [0.3, 0.4) is 0 Å². The summed E-state index contributed by atoms with van der Waals surface area (Å²) in [5.74, 6) is 1.41. The Morgan fingerprint density at radius 1 is 1.32 bits per heavy atom. The lowest BCUT2D eigenvalue weighted by atomic mass is 10.0. The van der Waals surface area contributed by atoms with E-state index in [2.05, 4.69) is 19.2 Å². The first-order chi connectivity index (χ1) is 10.6. The van der Waals surface area contributed by atoms with Crippen LogP contribution in [0.4, 0.5) is 0 Å². The zero-order valence-electron chi connectivity index (χ0n) is 14.0. The molecule has 0 saturated heterocycles. The highest BCUT2D eigenvalue weighted by Gasteiger charge is 2.05. The maximum Gasteiger partial charge on any atom is 0.220 e. The molecule has 0 fully saturated rings. The van der Waals surface area contributed by atoms with E-state index in [1.54, 1.807) is 18.2 Å². The molecular formula is C18H29NO3. The topological polar surface area (TPSA) is 58.6 Å². The Morgan fingerprint density at radius 3 is 2.77 bits per heavy atom. The van der Waals surface area contributed by atoms with Gasteiger partial charge in [-0.2, -0.15) is 0 Å². The van der Waals surface area contributed by atoms with Crippen LogP contribution in [0.25, 0.3) is 0 Å². The van der Waals surface area contributed by atoms with Crippen molar-refractivity contribution >= 4 is 5.91 Å². The second-order valence-corrected chi connectivity index (χ2v) is 5.90. The number of ether oxygens (including phenoxy) is 1. The van der Waals surface area contributed by atoms with E-state index in [4.69, 9.17) is 4.74 Å². The van der Waals surface area contributed by atoms with Crippen molar-refractivity contribution in [2.45, 2.75) is 58.9 Å². The van der Waals surface area contributed by atoms with Gasteiger partial charge in [0.25, 0.3) is 0 Å². The molecule has 1 rings (SSSR count). The number of hydrogen-bond donors (Lipinski definition) is 2. The molecule has 0 unspecified atom stereocenters. The number of hydrogen-bond acceptors (Lipinski definition) is 3. The Labute approximate surface area is 133 Å². The van der Waals surface area contributed by atoms with E-state index in [1.807, 2.05) is 0 Å². The number of methoxy groups -OCH3 is 1. The van der Waals surface area contributed by atoms with Gasteiger partial charge in [0.05, 0.1) is 7.11 Å². The van der Waals surface area contributed by atoms with Crippen molar-refractivity contribution in [1.82, 2.24) is 5.32 Å². The number of aromatic hydroxyl groups is 1. The highest BCUT2D eigenvalue weighted by Crippen LogP contribution is 2.26. The molecule has 0 saturated carbocycles. The van der Waals surface area contributed by atoms with E-state index >= 15 is 0 Å². The van der Waals surface area contributed by atoms with Crippen molar-refractivity contribution in [3.63, 3.8) is 0 Å². The first-order valence-corrected chi connectivity index (χ1v) is 8.19. The number of unbranched alkanes of at least 4 members (excludes halogenated alkanes) is 2. The molecule has 4 heteroatoms. The van der Waals surface area contributed by atoms with Crippen LogP contribution in [0.15, 0.2) is 18.2 Å². The molecule has 0 spiro atoms. The molecule has 22 heavy (non-hydrogen) atoms. The number of benzene rings is 1. The van der Waals surface area contributed by atoms with Crippen molar-refractivity contribution in [2.24, 2.45) is 5.92 Å². The number of carbonyl (C=O) groups is 1. The summed E-state index contributed by atoms with van der Waals surface area (Å²) in [6.07, 6.45) is 6.33. The molecule has 124 valence electrons. The highest BCUT2D eigenvalue weighted by atomic mass is 16.5. The summed E-state index contributed by atoms with van der Waals surface area (Å²) in [6, 6.07) is 5.10. The minimum atomic E-state index is 0.0792. The van der Waals surface area contributed by atoms with Gasteiger partial charge >= 0.3 is 0 Å². The SMILES string of the molecule is CC[C@H](C)CCCCCC(=O)NCc1ccc(O)c(OC)c1. The van der Waals surface area contributed by atoms with Crippen LogP contribution in [0.5, 0.6) is 11.5 Å². The summed E-state index contributed by atoms with van der Waals surface area (Å²) in [5, 5.41) is 12.4. The first-order valence-electron chi connectivity index (χ1n) is 8.19. The first kappa shape index (κ1) is 18.3. The molecule has 2 N–H and O–H groups in total. The van der Waals surface area contributed by atoms with E-state index < -0.39 is 0 Å². The standard InChI is InChI=1S/C18H29NO3/c1-4-14(2)8-6-5-7-9-18(21)19-13-15-10-11-16(20)17(12-15)22-3/h10-12,14,20H,4-9,13H2,1-3H3,(H,19,21)/t14-/m0/s1. The summed E-state index contributed by atoms with van der Waals surface area (Å²) in [5.41, 5.74) is 0.916. The van der Waals surface area contributed by atoms with Crippen LogP contribution < -0.4 is 10.1 Å². The lowest BCUT2D eigenvalue weighted by molar-refractivity contribution is -0.121. The molecular weight excluding hydrogens is 278 g/mol. The Kier molecular flexibility index (Phi) is 8.41. The monoisotopic (exact) mass is 307 g/mol. The zero-order chi connectivity index (χ0) is 16.4. The van der Waals surface area contributed by atoms with Crippen LogP contribution in [0.2, 0.25) is 0 Å². The highest BCUT2D eigenvalue weighted by molar-refractivity contribution is 5.75. The third-order valence-electron chi connectivity index (χ3n) is 4.03. The fraction of sp³-hybridized carbons (Fsp3) is 0.611. The molecule has 0 aliphatic carbocycles. The predicted octanol–water partition coefficient (Wildman–Crippen LogP) is 4.01. The third-order valence-corrected chi connectivity index (χ3v) is 4.03. The van der Waals surface area contributed by atoms with Crippen molar-refractivity contribution in [3.8, 4) is 11.5 Å². The van der Waals surface area contributed by atoms with Gasteiger partial charge in [-0.3, -0.25) is 4.79 Å². The Morgan fingerprint density at radius 2 is 2.09 bits per heavy atom. The van der Waals surface area contributed by atoms with Gasteiger partial charge in [0, 0.05) is 13.0 Å². The molecule has 0 heterocycles. The Balaban J connectivity index is 2.20. The van der Waals surface area contributed by atoms with E-state index in [9.17, 15) is 9.90 Å². The van der Waals surface area contributed by atoms with Gasteiger partial charge in [-0.1, -0.05) is 45.6 Å². The number of rotatable bonds is 10. The summed E-state index contributed by atoms with van der Waals surface area (Å²) in [6.45, 7) is 4.96. The quantitative estimate of drug-likeness (QED) is 0.642. The van der Waals surface area contributed by atoms with Gasteiger partial charge in [-0.05, 0) is 30.0 Å². The van der Waals surface area contributed by atoms with Crippen LogP contribution in [-0.2, 0) is 11.3 Å². The molecule has 0 bridgehead atoms. The molecule has 4 nitrogen and oxygen atoms in total. The van der Waals surface area contributed by atoms with Crippen molar-refractivity contribution in [3.05, 3.63) is 23.8 Å². The largest absolute Gasteiger partial charge is 0.504 e. The van der Waals surface area contributed by atoms with E-state index in [1.165, 1.54) is 26.4 Å². The normalized spacial score (nSPS) is 12.0. The second-order valence-electron chi connectivity index (χ2n) is 5.90. The van der Waals surface area contributed by atoms with Gasteiger partial charge in [0.2, 0.25) is 5.91 Å². The lowest BCUT2D eigenvalue weighted by Gasteiger charge is -2.09. The van der Waals surface area contributed by atoms with E-state index in [-0.39, 0.29) is 11.7 Å². The summed E-state index contributed by atoms with van der Waals surface area (Å²) < 4.78 is 5.05. The van der Waals surface area contributed by atoms with Crippen LogP contribution >= 0.6 is 0 Å². The van der Waals surface area contributed by atoms with Gasteiger partial charge in [0.1, 0.15) is 0 Å². The van der Waals surface area contributed by atoms with Crippen molar-refractivity contribution < 1.29 is 14.6 Å². The minimum Gasteiger partial charge on any atom is -0.504 e. The van der Waals surface area contributed by atoms with Crippen LogP contribution in [-0.4, -0.2) is 18.1 Å². The number of phenolic OH excluding ortho intramolecular Hbond substituents is 1.